The largest absolute Gasteiger partial charge is 0.594 e. The zero-order valence-corrected chi connectivity index (χ0v) is 32.9. The number of aromatic carboxylic acids is 2. The van der Waals surface area contributed by atoms with Gasteiger partial charge in [0.1, 0.15) is 21.2 Å². The number of hydrogen-bond donors (Lipinski definition) is 4. The Hall–Kier alpha value is -8.18. The van der Waals surface area contributed by atoms with Crippen molar-refractivity contribution in [2.75, 3.05) is 0 Å². The van der Waals surface area contributed by atoms with Gasteiger partial charge in [-0.25, -0.2) is 9.59 Å². The van der Waals surface area contributed by atoms with Crippen LogP contribution in [0.25, 0.3) is 12.2 Å². The Labute approximate surface area is 350 Å². The van der Waals surface area contributed by atoms with Gasteiger partial charge in [0.2, 0.25) is 11.4 Å². The summed E-state index contributed by atoms with van der Waals surface area (Å²) in [4.78, 5) is 20.7. The van der Waals surface area contributed by atoms with Crippen LogP contribution in [-0.4, -0.2) is 57.8 Å². The molecule has 0 amide bonds. The topological polar surface area (TPSA) is 310 Å². The quantitative estimate of drug-likeness (QED) is 0.0261. The lowest BCUT2D eigenvalue weighted by Gasteiger charge is -2.07. The zero-order chi connectivity index (χ0) is 44.6. The predicted molar refractivity (Wildman–Crippen MR) is 220 cm³/mol. The Morgan fingerprint density at radius 3 is 1.00 bits per heavy atom. The lowest BCUT2D eigenvalue weighted by atomic mass is 10.1. The van der Waals surface area contributed by atoms with E-state index in [0.29, 0.717) is 22.7 Å². The van der Waals surface area contributed by atoms with E-state index in [4.69, 9.17) is 10.2 Å². The minimum atomic E-state index is -4.98. The van der Waals surface area contributed by atoms with E-state index < -0.39 is 42.0 Å². The average molecular weight is 877 g/mol. The predicted octanol–water partition coefficient (Wildman–Crippen LogP) is 10.4. The fraction of sp³-hybridized carbons (Fsp3) is 0. The molecular weight excluding hydrogens is 849 g/mol. The van der Waals surface area contributed by atoms with Gasteiger partial charge in [0, 0.05) is 34.5 Å². The maximum atomic E-state index is 12.9. The van der Waals surface area contributed by atoms with E-state index in [0.717, 1.165) is 36.4 Å². The van der Waals surface area contributed by atoms with Crippen molar-refractivity contribution < 1.29 is 55.5 Å². The number of benzene rings is 6. The third-order valence-electron chi connectivity index (χ3n) is 8.34. The number of hydrogen-bond acceptors (Lipinski definition) is 14. The van der Waals surface area contributed by atoms with Gasteiger partial charge in [-0.05, 0) is 120 Å². The smallest absolute Gasteiger partial charge is 0.335 e. The third-order valence-corrected chi connectivity index (χ3v) is 10.2. The molecule has 6 aromatic carbocycles. The summed E-state index contributed by atoms with van der Waals surface area (Å²) in [5.41, 5.74) is 0.957. The van der Waals surface area contributed by atoms with Crippen molar-refractivity contribution >= 4 is 89.8 Å². The van der Waals surface area contributed by atoms with Crippen LogP contribution >= 0.6 is 0 Å². The minimum absolute atomic E-state index is 0.0844. The lowest BCUT2D eigenvalue weighted by Crippen LogP contribution is -2.03. The van der Waals surface area contributed by atoms with Crippen LogP contribution in [0.2, 0.25) is 0 Å². The second-order valence-corrected chi connectivity index (χ2v) is 15.4. The summed E-state index contributed by atoms with van der Waals surface area (Å²) < 4.78 is 69.6. The van der Waals surface area contributed by atoms with E-state index in [1.54, 1.807) is 0 Å². The molecule has 0 atom stereocenters. The first-order valence-corrected chi connectivity index (χ1v) is 20.3. The van der Waals surface area contributed by atoms with Crippen LogP contribution in [-0.2, 0) is 20.2 Å². The Balaban J connectivity index is 1.18. The highest BCUT2D eigenvalue weighted by atomic mass is 32.2. The van der Waals surface area contributed by atoms with Crippen molar-refractivity contribution in [2.45, 2.75) is 9.79 Å². The summed E-state index contributed by atoms with van der Waals surface area (Å²) in [5.74, 6) is -2.17. The van der Waals surface area contributed by atoms with E-state index in [1.807, 2.05) is 0 Å². The molecule has 4 N–H and O–H groups in total. The molecule has 6 rings (SSSR count). The van der Waals surface area contributed by atoms with Crippen LogP contribution in [0.4, 0.5) is 45.5 Å². The van der Waals surface area contributed by atoms with Gasteiger partial charge < -0.3 is 20.6 Å². The SMILES string of the molecule is O=C(O)c1ccc(N=Nc2ccc(N=[N+]([O-])c3ccc(C=Cc4ccc([N+]([O-])=Nc5ccc(N=Nc6ccc(C(=O)O)cc6)cc5)cc4S(=O)(=O)O)c(S(=O)(=O)O)c3)cc2)cc1. The van der Waals surface area contributed by atoms with E-state index in [1.165, 1.54) is 109 Å². The number of carbonyl (C=O) groups is 2. The van der Waals surface area contributed by atoms with Crippen molar-refractivity contribution in [3.8, 4) is 0 Å². The summed E-state index contributed by atoms with van der Waals surface area (Å²) in [6.45, 7) is 0. The first-order chi connectivity index (χ1) is 29.4. The van der Waals surface area contributed by atoms with Crippen LogP contribution in [0.5, 0.6) is 0 Å². The number of azo groups is 4. The van der Waals surface area contributed by atoms with Gasteiger partial charge in [0.25, 0.3) is 20.2 Å². The van der Waals surface area contributed by atoms with Crippen LogP contribution < -0.4 is 0 Å². The van der Waals surface area contributed by atoms with Gasteiger partial charge in [-0.3, -0.25) is 9.11 Å². The molecule has 0 saturated carbocycles. The van der Waals surface area contributed by atoms with E-state index >= 15 is 0 Å². The Morgan fingerprint density at radius 2 is 0.726 bits per heavy atom. The average Bonchev–Trinajstić information content (AvgIpc) is 3.24. The molecule has 0 fully saturated rings. The molecule has 20 nitrogen and oxygen atoms in total. The minimum Gasteiger partial charge on any atom is -0.594 e. The molecule has 0 bridgehead atoms. The summed E-state index contributed by atoms with van der Waals surface area (Å²) in [5, 5.41) is 67.8. The van der Waals surface area contributed by atoms with Gasteiger partial charge in [0.15, 0.2) is 0 Å². The Kier molecular flexibility index (Phi) is 12.9. The van der Waals surface area contributed by atoms with E-state index in [-0.39, 0.29) is 54.7 Å². The maximum Gasteiger partial charge on any atom is 0.335 e. The molecule has 0 radical (unpaired) electrons. The fourth-order valence-corrected chi connectivity index (χ4v) is 6.66. The third kappa shape index (κ3) is 11.3. The van der Waals surface area contributed by atoms with Crippen molar-refractivity contribution in [1.29, 1.82) is 0 Å². The summed E-state index contributed by atoms with van der Waals surface area (Å²) in [6, 6.07) is 29.4. The number of carboxylic acid groups (broad SMARTS) is 2. The molecule has 0 aromatic heterocycles. The fourth-order valence-electron chi connectivity index (χ4n) is 5.26. The second-order valence-electron chi connectivity index (χ2n) is 12.6. The first-order valence-electron chi connectivity index (χ1n) is 17.4. The molecule has 22 heteroatoms. The lowest BCUT2D eigenvalue weighted by molar-refractivity contribution is -0.435. The second kappa shape index (κ2) is 18.4. The van der Waals surface area contributed by atoms with Gasteiger partial charge in [-0.2, -0.15) is 37.3 Å². The van der Waals surface area contributed by atoms with Gasteiger partial charge in [-0.15, -0.1) is 0 Å². The molecule has 0 aliphatic rings. The van der Waals surface area contributed by atoms with Crippen molar-refractivity contribution in [3.63, 3.8) is 0 Å². The highest BCUT2D eigenvalue weighted by Gasteiger charge is 2.21. The zero-order valence-electron chi connectivity index (χ0n) is 31.3. The van der Waals surface area contributed by atoms with E-state index in [9.17, 15) is 45.9 Å². The summed E-state index contributed by atoms with van der Waals surface area (Å²) in [6.07, 6.45) is 2.19. The number of carboxylic acids is 2. The van der Waals surface area contributed by atoms with Crippen molar-refractivity contribution in [1.82, 2.24) is 0 Å². The number of nitrogens with zero attached hydrogens (tertiary/aromatic N) is 8. The molecule has 0 aliphatic carbocycles. The standard InChI is InChI=1S/C40H28N8O12S2/c49-39(50)27-3-9-29(10-4-27)41-43-31-13-17-33(18-14-31)45-47(53)35-21-7-25(37(23-35)61(55,56)57)1-2-26-8-22-36(24-38(26)62(58,59)60)48(54)46-34-19-15-32(16-20-34)44-42-30-11-5-28(6-12-30)40(51)52/h1-24H,(H,49,50)(H,51,52)(H,55,56,57)(H,58,59,60). The molecule has 0 heterocycles. The van der Waals surface area contributed by atoms with Crippen LogP contribution in [0, 0.1) is 10.4 Å². The van der Waals surface area contributed by atoms with Gasteiger partial charge in [-0.1, -0.05) is 21.9 Å². The van der Waals surface area contributed by atoms with Crippen molar-refractivity contribution in [3.05, 3.63) is 166 Å². The molecule has 312 valence electrons. The molecule has 6 aromatic rings. The highest BCUT2D eigenvalue weighted by Crippen LogP contribution is 2.30. The molecule has 62 heavy (non-hydrogen) atoms. The van der Waals surface area contributed by atoms with Gasteiger partial charge in [0.05, 0.1) is 33.9 Å². The molecule has 0 unspecified atom stereocenters. The Morgan fingerprint density at radius 1 is 0.452 bits per heavy atom. The monoisotopic (exact) mass is 876 g/mol. The van der Waals surface area contributed by atoms with Gasteiger partial charge >= 0.3 is 11.9 Å². The number of rotatable bonds is 14. The Bertz CT molecular complexity index is 2860. The first kappa shape index (κ1) is 43.4. The summed E-state index contributed by atoms with van der Waals surface area (Å²) >= 11 is 0. The molecular formula is C40H28N8O12S2. The maximum absolute atomic E-state index is 12.9. The molecule has 0 saturated heterocycles. The van der Waals surface area contributed by atoms with Crippen LogP contribution in [0.1, 0.15) is 31.8 Å². The highest BCUT2D eigenvalue weighted by molar-refractivity contribution is 7.86. The molecule has 0 aliphatic heterocycles. The van der Waals surface area contributed by atoms with Crippen LogP contribution in [0.3, 0.4) is 0 Å². The van der Waals surface area contributed by atoms with E-state index in [2.05, 4.69) is 30.7 Å². The van der Waals surface area contributed by atoms with Crippen molar-refractivity contribution in [2.24, 2.45) is 30.7 Å². The summed E-state index contributed by atoms with van der Waals surface area (Å²) in [7, 11) is -9.97. The van der Waals surface area contributed by atoms with Crippen LogP contribution in [0.15, 0.2) is 174 Å². The normalized spacial score (nSPS) is 12.7. The molecule has 0 spiro atoms.